The zero-order valence-electron chi connectivity index (χ0n) is 13.0. The van der Waals surface area contributed by atoms with Gasteiger partial charge in [0.05, 0.1) is 11.5 Å². The lowest BCUT2D eigenvalue weighted by Crippen LogP contribution is -2.40. The summed E-state index contributed by atoms with van der Waals surface area (Å²) in [6.45, 7) is 5.36. The SMILES string of the molecule is CC(Nc1nc(=O)n(C(C)C)c(=O)[nH]1)C1CCS(=O)(=O)CC1. The van der Waals surface area contributed by atoms with Gasteiger partial charge < -0.3 is 5.32 Å². The summed E-state index contributed by atoms with van der Waals surface area (Å²) in [5, 5.41) is 3.01. The average molecular weight is 330 g/mol. The van der Waals surface area contributed by atoms with Crippen LogP contribution in [0.1, 0.15) is 39.7 Å². The van der Waals surface area contributed by atoms with Crippen molar-refractivity contribution in [3.05, 3.63) is 21.0 Å². The fourth-order valence-corrected chi connectivity index (χ4v) is 4.22. The summed E-state index contributed by atoms with van der Waals surface area (Å²) in [5.74, 6) is 0.666. The number of nitrogens with zero attached hydrogens (tertiary/aromatic N) is 2. The van der Waals surface area contributed by atoms with Crippen molar-refractivity contribution < 1.29 is 8.42 Å². The molecule has 9 heteroatoms. The second kappa shape index (κ2) is 6.23. The van der Waals surface area contributed by atoms with E-state index in [9.17, 15) is 18.0 Å². The summed E-state index contributed by atoms with van der Waals surface area (Å²) in [7, 11) is -2.91. The molecule has 0 amide bonds. The topological polar surface area (TPSA) is 114 Å². The highest BCUT2D eigenvalue weighted by molar-refractivity contribution is 7.91. The molecule has 2 heterocycles. The number of aromatic nitrogens is 3. The largest absolute Gasteiger partial charge is 0.355 e. The van der Waals surface area contributed by atoms with Crippen LogP contribution in [0.15, 0.2) is 9.59 Å². The molecule has 0 bridgehead atoms. The van der Waals surface area contributed by atoms with Crippen molar-refractivity contribution in [1.82, 2.24) is 14.5 Å². The molecular formula is C13H22N4O4S. The van der Waals surface area contributed by atoms with E-state index in [0.29, 0.717) is 12.8 Å². The Morgan fingerprint density at radius 1 is 1.23 bits per heavy atom. The Kier molecular flexibility index (Phi) is 4.74. The van der Waals surface area contributed by atoms with Gasteiger partial charge >= 0.3 is 11.4 Å². The molecule has 0 saturated carbocycles. The minimum Gasteiger partial charge on any atom is -0.353 e. The van der Waals surface area contributed by atoms with Crippen LogP contribution in [-0.4, -0.2) is 40.5 Å². The standard InChI is InChI=1S/C13H22N4O4S/c1-8(2)17-12(18)15-11(16-13(17)19)14-9(3)10-4-6-22(20,21)7-5-10/h8-10H,4-7H2,1-3H3,(H2,14,15,16,18,19). The molecule has 0 spiro atoms. The summed E-state index contributed by atoms with van der Waals surface area (Å²) in [5.41, 5.74) is -1.10. The summed E-state index contributed by atoms with van der Waals surface area (Å²) >= 11 is 0. The predicted molar refractivity (Wildman–Crippen MR) is 84.0 cm³/mol. The first kappa shape index (κ1) is 16.7. The lowest BCUT2D eigenvalue weighted by Gasteiger charge is -2.28. The molecule has 1 aromatic heterocycles. The quantitative estimate of drug-likeness (QED) is 0.811. The fourth-order valence-electron chi connectivity index (χ4n) is 2.69. The third-order valence-electron chi connectivity index (χ3n) is 4.04. The third kappa shape index (κ3) is 3.76. The molecule has 0 radical (unpaired) electrons. The van der Waals surface area contributed by atoms with E-state index in [4.69, 9.17) is 0 Å². The number of hydrogen-bond donors (Lipinski definition) is 2. The van der Waals surface area contributed by atoms with E-state index in [0.717, 1.165) is 4.57 Å². The van der Waals surface area contributed by atoms with Crippen LogP contribution >= 0.6 is 0 Å². The number of H-pyrrole nitrogens is 1. The van der Waals surface area contributed by atoms with Gasteiger partial charge in [-0.2, -0.15) is 4.98 Å². The Hall–Kier alpha value is -1.64. The molecular weight excluding hydrogens is 308 g/mol. The highest BCUT2D eigenvalue weighted by Crippen LogP contribution is 2.23. The van der Waals surface area contributed by atoms with Crippen LogP contribution in [0.2, 0.25) is 0 Å². The zero-order chi connectivity index (χ0) is 16.5. The Bertz CT molecular complexity index is 705. The van der Waals surface area contributed by atoms with E-state index >= 15 is 0 Å². The van der Waals surface area contributed by atoms with E-state index in [-0.39, 0.29) is 35.5 Å². The number of hydrogen-bond acceptors (Lipinski definition) is 6. The fraction of sp³-hybridized carbons (Fsp3) is 0.769. The van der Waals surface area contributed by atoms with E-state index in [2.05, 4.69) is 15.3 Å². The van der Waals surface area contributed by atoms with Gasteiger partial charge in [0.2, 0.25) is 5.95 Å². The van der Waals surface area contributed by atoms with E-state index in [1.165, 1.54) is 0 Å². The molecule has 124 valence electrons. The second-order valence-electron chi connectivity index (χ2n) is 6.06. The molecule has 1 aliphatic rings. The Morgan fingerprint density at radius 3 is 2.32 bits per heavy atom. The number of rotatable bonds is 4. The smallest absolute Gasteiger partial charge is 0.353 e. The van der Waals surface area contributed by atoms with Gasteiger partial charge in [-0.3, -0.25) is 4.98 Å². The molecule has 1 atom stereocenters. The maximum atomic E-state index is 11.9. The lowest BCUT2D eigenvalue weighted by atomic mass is 9.95. The highest BCUT2D eigenvalue weighted by atomic mass is 32.2. The van der Waals surface area contributed by atoms with Gasteiger partial charge in [-0.15, -0.1) is 0 Å². The summed E-state index contributed by atoms with van der Waals surface area (Å²) < 4.78 is 23.9. The van der Waals surface area contributed by atoms with Gasteiger partial charge in [0.1, 0.15) is 9.84 Å². The first-order chi connectivity index (χ1) is 10.2. The number of anilines is 1. The number of aromatic amines is 1. The third-order valence-corrected chi connectivity index (χ3v) is 5.76. The van der Waals surface area contributed by atoms with Crippen LogP contribution in [0.4, 0.5) is 5.95 Å². The van der Waals surface area contributed by atoms with Crippen molar-refractivity contribution in [1.29, 1.82) is 0 Å². The van der Waals surface area contributed by atoms with Crippen molar-refractivity contribution in [2.24, 2.45) is 5.92 Å². The van der Waals surface area contributed by atoms with E-state index in [1.54, 1.807) is 13.8 Å². The Labute approximate surface area is 128 Å². The van der Waals surface area contributed by atoms with Crippen molar-refractivity contribution in [2.45, 2.75) is 45.7 Å². The maximum absolute atomic E-state index is 11.9. The van der Waals surface area contributed by atoms with Gasteiger partial charge in [0.25, 0.3) is 0 Å². The molecule has 1 fully saturated rings. The van der Waals surface area contributed by atoms with Gasteiger partial charge in [-0.05, 0) is 39.5 Å². The first-order valence-electron chi connectivity index (χ1n) is 7.39. The molecule has 1 unspecified atom stereocenters. The minimum absolute atomic E-state index is 0.0760. The first-order valence-corrected chi connectivity index (χ1v) is 9.21. The summed E-state index contributed by atoms with van der Waals surface area (Å²) in [4.78, 5) is 30.1. The lowest BCUT2D eigenvalue weighted by molar-refractivity contribution is 0.418. The molecule has 0 aromatic carbocycles. The predicted octanol–water partition coefficient (Wildman–Crippen LogP) is 0.138. The van der Waals surface area contributed by atoms with Crippen LogP contribution in [0.3, 0.4) is 0 Å². The maximum Gasteiger partial charge on any atom is 0.355 e. The van der Waals surface area contributed by atoms with Gasteiger partial charge in [0.15, 0.2) is 0 Å². The number of nitrogens with one attached hydrogen (secondary N) is 2. The highest BCUT2D eigenvalue weighted by Gasteiger charge is 2.27. The molecule has 1 saturated heterocycles. The average Bonchev–Trinajstić information content (AvgIpc) is 2.36. The Balaban J connectivity index is 2.11. The van der Waals surface area contributed by atoms with Crippen molar-refractivity contribution in [3.8, 4) is 0 Å². The molecule has 22 heavy (non-hydrogen) atoms. The summed E-state index contributed by atoms with van der Waals surface area (Å²) in [6.07, 6.45) is 1.15. The summed E-state index contributed by atoms with van der Waals surface area (Å²) in [6, 6.07) is -0.341. The minimum atomic E-state index is -2.91. The normalized spacial score (nSPS) is 20.0. The molecule has 0 aliphatic carbocycles. The van der Waals surface area contributed by atoms with Gasteiger partial charge in [0, 0.05) is 12.1 Å². The van der Waals surface area contributed by atoms with E-state index in [1.807, 2.05) is 6.92 Å². The number of sulfone groups is 1. The van der Waals surface area contributed by atoms with Crippen LogP contribution in [0.5, 0.6) is 0 Å². The monoisotopic (exact) mass is 330 g/mol. The molecule has 8 nitrogen and oxygen atoms in total. The molecule has 2 N–H and O–H groups in total. The van der Waals surface area contributed by atoms with Crippen LogP contribution in [0.25, 0.3) is 0 Å². The van der Waals surface area contributed by atoms with Crippen LogP contribution in [-0.2, 0) is 9.84 Å². The van der Waals surface area contributed by atoms with Gasteiger partial charge in [-0.1, -0.05) is 0 Å². The second-order valence-corrected chi connectivity index (χ2v) is 8.36. The molecule has 1 aliphatic heterocycles. The Morgan fingerprint density at radius 2 is 1.82 bits per heavy atom. The van der Waals surface area contributed by atoms with Crippen molar-refractivity contribution >= 4 is 15.8 Å². The van der Waals surface area contributed by atoms with E-state index < -0.39 is 21.2 Å². The van der Waals surface area contributed by atoms with Crippen molar-refractivity contribution in [3.63, 3.8) is 0 Å². The van der Waals surface area contributed by atoms with Crippen LogP contribution in [0, 0.1) is 5.92 Å². The van der Waals surface area contributed by atoms with Gasteiger partial charge in [-0.25, -0.2) is 22.6 Å². The van der Waals surface area contributed by atoms with Crippen molar-refractivity contribution in [2.75, 3.05) is 16.8 Å². The van der Waals surface area contributed by atoms with Crippen LogP contribution < -0.4 is 16.7 Å². The molecule has 2 rings (SSSR count). The zero-order valence-corrected chi connectivity index (χ0v) is 13.8. The molecule has 1 aromatic rings.